The first-order chi connectivity index (χ1) is 14.2. The van der Waals surface area contributed by atoms with Crippen LogP contribution in [-0.4, -0.2) is 37.0 Å². The molecule has 29 heavy (non-hydrogen) atoms. The molecule has 0 radical (unpaired) electrons. The van der Waals surface area contributed by atoms with Crippen molar-refractivity contribution in [1.29, 1.82) is 0 Å². The normalized spacial score (nSPS) is 14.0. The van der Waals surface area contributed by atoms with Crippen LogP contribution in [0.1, 0.15) is 21.5 Å². The molecule has 0 aliphatic carbocycles. The van der Waals surface area contributed by atoms with Gasteiger partial charge in [-0.2, -0.15) is 0 Å². The largest absolute Gasteiger partial charge is 0.381 e. The highest BCUT2D eigenvalue weighted by Crippen LogP contribution is 2.20. The second kappa shape index (κ2) is 8.82. The van der Waals surface area contributed by atoms with Crippen LogP contribution in [0.25, 0.3) is 0 Å². The Bertz CT molecular complexity index is 948. The first-order valence-electron chi connectivity index (χ1n) is 10.2. The number of nitrogens with one attached hydrogen (secondary N) is 1. The van der Waals surface area contributed by atoms with Gasteiger partial charge in [0.05, 0.1) is 0 Å². The molecule has 3 aromatic rings. The molecule has 0 bridgehead atoms. The van der Waals surface area contributed by atoms with E-state index in [1.165, 1.54) is 11.3 Å². The monoisotopic (exact) mass is 385 g/mol. The molecule has 0 atom stereocenters. The van der Waals surface area contributed by atoms with E-state index in [0.29, 0.717) is 0 Å². The van der Waals surface area contributed by atoms with E-state index in [4.69, 9.17) is 0 Å². The molecule has 1 fully saturated rings. The Morgan fingerprint density at radius 1 is 0.862 bits per heavy atom. The third-order valence-corrected chi connectivity index (χ3v) is 5.48. The van der Waals surface area contributed by atoms with Crippen LogP contribution in [0.2, 0.25) is 0 Å². The van der Waals surface area contributed by atoms with Crippen molar-refractivity contribution in [2.45, 2.75) is 13.5 Å². The zero-order chi connectivity index (χ0) is 20.1. The summed E-state index contributed by atoms with van der Waals surface area (Å²) in [6.45, 7) is 6.02. The highest BCUT2D eigenvalue weighted by atomic mass is 16.2. The van der Waals surface area contributed by atoms with E-state index in [2.05, 4.69) is 52.7 Å². The lowest BCUT2D eigenvalue weighted by Gasteiger charge is -2.36. The van der Waals surface area contributed by atoms with E-state index in [0.717, 1.165) is 49.5 Å². The van der Waals surface area contributed by atoms with Crippen LogP contribution in [0.3, 0.4) is 0 Å². The number of piperazine rings is 1. The minimum Gasteiger partial charge on any atom is -0.381 e. The Labute approximate surface area is 172 Å². The molecule has 1 amide bonds. The van der Waals surface area contributed by atoms with Crippen molar-refractivity contribution in [3.63, 3.8) is 0 Å². The average molecular weight is 386 g/mol. The van der Waals surface area contributed by atoms with Gasteiger partial charge in [0, 0.05) is 49.7 Å². The Kier molecular flexibility index (Phi) is 5.80. The van der Waals surface area contributed by atoms with Gasteiger partial charge in [-0.1, -0.05) is 48.5 Å². The van der Waals surface area contributed by atoms with Gasteiger partial charge in [0.15, 0.2) is 0 Å². The molecule has 0 aromatic heterocycles. The molecule has 3 aromatic carbocycles. The van der Waals surface area contributed by atoms with Gasteiger partial charge in [-0.05, 0) is 48.4 Å². The Morgan fingerprint density at radius 3 is 2.17 bits per heavy atom. The van der Waals surface area contributed by atoms with Crippen LogP contribution < -0.4 is 10.2 Å². The highest BCUT2D eigenvalue weighted by Gasteiger charge is 2.23. The van der Waals surface area contributed by atoms with Crippen molar-refractivity contribution in [2.75, 3.05) is 36.4 Å². The molecule has 148 valence electrons. The number of carbonyl (C=O) groups excluding carboxylic acids is 1. The standard InChI is InChI=1S/C25H27N3O/c1-20-18-22(26-19-21-8-4-2-5-9-21)12-13-24(20)25(29)28-16-14-27(15-17-28)23-10-6-3-7-11-23/h2-13,18,26H,14-17,19H2,1H3. The molecule has 0 spiro atoms. The zero-order valence-electron chi connectivity index (χ0n) is 16.8. The first-order valence-corrected chi connectivity index (χ1v) is 10.2. The number of hydrogen-bond acceptors (Lipinski definition) is 3. The number of anilines is 2. The summed E-state index contributed by atoms with van der Waals surface area (Å²) in [7, 11) is 0. The van der Waals surface area contributed by atoms with Crippen LogP contribution in [0.4, 0.5) is 11.4 Å². The average Bonchev–Trinajstić information content (AvgIpc) is 2.79. The topological polar surface area (TPSA) is 35.6 Å². The number of aryl methyl sites for hydroxylation is 1. The lowest BCUT2D eigenvalue weighted by Crippen LogP contribution is -2.48. The first kappa shape index (κ1) is 19.1. The van der Waals surface area contributed by atoms with Crippen LogP contribution in [0.5, 0.6) is 0 Å². The summed E-state index contributed by atoms with van der Waals surface area (Å²) in [6, 6.07) is 26.7. The molecule has 4 nitrogen and oxygen atoms in total. The van der Waals surface area contributed by atoms with Gasteiger partial charge in [0.2, 0.25) is 0 Å². The fourth-order valence-electron chi connectivity index (χ4n) is 3.79. The summed E-state index contributed by atoms with van der Waals surface area (Å²) < 4.78 is 0. The SMILES string of the molecule is Cc1cc(NCc2ccccc2)ccc1C(=O)N1CCN(c2ccccc2)CC1. The lowest BCUT2D eigenvalue weighted by atomic mass is 10.1. The quantitative estimate of drug-likeness (QED) is 0.699. The number of rotatable bonds is 5. The molecule has 0 unspecified atom stereocenters. The van der Waals surface area contributed by atoms with E-state index >= 15 is 0 Å². The Morgan fingerprint density at radius 2 is 1.52 bits per heavy atom. The molecular formula is C25H27N3O. The fraction of sp³-hybridized carbons (Fsp3) is 0.240. The van der Waals surface area contributed by atoms with Gasteiger partial charge in [-0.15, -0.1) is 0 Å². The third-order valence-electron chi connectivity index (χ3n) is 5.48. The van der Waals surface area contributed by atoms with Crippen molar-refractivity contribution in [3.05, 3.63) is 95.6 Å². The van der Waals surface area contributed by atoms with Crippen LogP contribution in [0.15, 0.2) is 78.9 Å². The number of hydrogen-bond donors (Lipinski definition) is 1. The molecule has 4 heteroatoms. The number of carbonyl (C=O) groups is 1. The molecule has 4 rings (SSSR count). The predicted octanol–water partition coefficient (Wildman–Crippen LogP) is 4.57. The Balaban J connectivity index is 1.36. The minimum atomic E-state index is 0.129. The van der Waals surface area contributed by atoms with Crippen molar-refractivity contribution in [2.24, 2.45) is 0 Å². The van der Waals surface area contributed by atoms with E-state index in [1.807, 2.05) is 48.2 Å². The maximum Gasteiger partial charge on any atom is 0.254 e. The zero-order valence-corrected chi connectivity index (χ0v) is 16.8. The minimum absolute atomic E-state index is 0.129. The van der Waals surface area contributed by atoms with E-state index < -0.39 is 0 Å². The Hall–Kier alpha value is -3.27. The van der Waals surface area contributed by atoms with Crippen LogP contribution >= 0.6 is 0 Å². The van der Waals surface area contributed by atoms with E-state index in [9.17, 15) is 4.79 Å². The summed E-state index contributed by atoms with van der Waals surface area (Å²) in [5.74, 6) is 0.129. The molecule has 1 aliphatic heterocycles. The second-order valence-corrected chi connectivity index (χ2v) is 7.48. The number of benzene rings is 3. The van der Waals surface area contributed by atoms with Crippen LogP contribution in [-0.2, 0) is 6.54 Å². The third kappa shape index (κ3) is 4.60. The van der Waals surface area contributed by atoms with Crippen molar-refractivity contribution < 1.29 is 4.79 Å². The second-order valence-electron chi connectivity index (χ2n) is 7.48. The molecular weight excluding hydrogens is 358 g/mol. The molecule has 0 saturated carbocycles. The van der Waals surface area contributed by atoms with Gasteiger partial charge in [0.25, 0.3) is 5.91 Å². The lowest BCUT2D eigenvalue weighted by molar-refractivity contribution is 0.0746. The summed E-state index contributed by atoms with van der Waals surface area (Å²) >= 11 is 0. The van der Waals surface area contributed by atoms with Gasteiger partial charge in [0.1, 0.15) is 0 Å². The highest BCUT2D eigenvalue weighted by molar-refractivity contribution is 5.96. The van der Waals surface area contributed by atoms with Gasteiger partial charge in [-0.25, -0.2) is 0 Å². The van der Waals surface area contributed by atoms with Crippen molar-refractivity contribution in [3.8, 4) is 0 Å². The van der Waals surface area contributed by atoms with Gasteiger partial charge >= 0.3 is 0 Å². The van der Waals surface area contributed by atoms with Crippen molar-refractivity contribution in [1.82, 2.24) is 4.90 Å². The van der Waals surface area contributed by atoms with Crippen LogP contribution in [0, 0.1) is 6.92 Å². The summed E-state index contributed by atoms with van der Waals surface area (Å²) in [6.07, 6.45) is 0. The molecule has 1 aliphatic rings. The molecule has 1 N–H and O–H groups in total. The van der Waals surface area contributed by atoms with E-state index in [1.54, 1.807) is 0 Å². The summed E-state index contributed by atoms with van der Waals surface area (Å²) in [5.41, 5.74) is 5.31. The van der Waals surface area contributed by atoms with Crippen molar-refractivity contribution >= 4 is 17.3 Å². The van der Waals surface area contributed by atoms with Gasteiger partial charge < -0.3 is 15.1 Å². The summed E-state index contributed by atoms with van der Waals surface area (Å²) in [5, 5.41) is 3.44. The maximum absolute atomic E-state index is 13.0. The van der Waals surface area contributed by atoms with Gasteiger partial charge in [-0.3, -0.25) is 4.79 Å². The fourth-order valence-corrected chi connectivity index (χ4v) is 3.79. The maximum atomic E-state index is 13.0. The number of amides is 1. The predicted molar refractivity (Wildman–Crippen MR) is 120 cm³/mol. The molecule has 1 saturated heterocycles. The molecule has 1 heterocycles. The smallest absolute Gasteiger partial charge is 0.254 e. The number of nitrogens with zero attached hydrogens (tertiary/aromatic N) is 2. The summed E-state index contributed by atoms with van der Waals surface area (Å²) in [4.78, 5) is 17.4. The number of para-hydroxylation sites is 1. The van der Waals surface area contributed by atoms with E-state index in [-0.39, 0.29) is 5.91 Å².